The molecular weight excluding hydrogens is 384 g/mol. The zero-order valence-electron chi connectivity index (χ0n) is 16.9. The first-order valence-corrected chi connectivity index (χ1v) is 9.71. The Hall–Kier alpha value is -2.42. The summed E-state index contributed by atoms with van der Waals surface area (Å²) in [5, 5.41) is 2.94. The van der Waals surface area contributed by atoms with E-state index >= 15 is 0 Å². The van der Waals surface area contributed by atoms with Crippen LogP contribution in [-0.4, -0.2) is 54.7 Å². The van der Waals surface area contributed by atoms with Gasteiger partial charge in [0.25, 0.3) is 5.91 Å². The molecule has 1 aliphatic carbocycles. The molecule has 1 aromatic rings. The van der Waals surface area contributed by atoms with Crippen LogP contribution in [0.4, 0.5) is 13.6 Å². The Labute approximate surface area is 168 Å². The molecule has 0 bridgehead atoms. The highest BCUT2D eigenvalue weighted by Gasteiger charge is 2.54. The highest BCUT2D eigenvalue weighted by molar-refractivity contribution is 6.07. The lowest BCUT2D eigenvalue weighted by molar-refractivity contribution is -0.135. The van der Waals surface area contributed by atoms with E-state index < -0.39 is 12.2 Å². The molecule has 160 valence electrons. The second-order valence-electron chi connectivity index (χ2n) is 7.80. The lowest BCUT2D eigenvalue weighted by Crippen LogP contribution is -2.54. The number of nitrogens with zero attached hydrogens (tertiary/aromatic N) is 2. The summed E-state index contributed by atoms with van der Waals surface area (Å²) < 4.78 is 34.5. The summed E-state index contributed by atoms with van der Waals surface area (Å²) in [5.41, 5.74) is -0.00744. The Morgan fingerprint density at radius 1 is 1.31 bits per heavy atom. The SMILES string of the molecule is COc1cc(CN(C)CN2C(=O)N[C@@]3(CCCC[C@H]3C)C2=O)ccc1OC(F)F. The largest absolute Gasteiger partial charge is 0.493 e. The van der Waals surface area contributed by atoms with Gasteiger partial charge in [-0.15, -0.1) is 0 Å². The maximum atomic E-state index is 13.0. The average Bonchev–Trinajstić information content (AvgIpc) is 2.90. The number of hydrogen-bond acceptors (Lipinski definition) is 5. The fourth-order valence-corrected chi connectivity index (χ4v) is 4.23. The van der Waals surface area contributed by atoms with E-state index in [4.69, 9.17) is 4.74 Å². The van der Waals surface area contributed by atoms with E-state index in [1.54, 1.807) is 19.2 Å². The summed E-state index contributed by atoms with van der Waals surface area (Å²) in [6.07, 6.45) is 3.58. The van der Waals surface area contributed by atoms with Gasteiger partial charge in [-0.1, -0.05) is 25.8 Å². The van der Waals surface area contributed by atoms with Crippen molar-refractivity contribution in [2.75, 3.05) is 20.8 Å². The van der Waals surface area contributed by atoms with E-state index in [9.17, 15) is 18.4 Å². The van der Waals surface area contributed by atoms with Crippen molar-refractivity contribution in [3.8, 4) is 11.5 Å². The van der Waals surface area contributed by atoms with Crippen LogP contribution in [0.5, 0.6) is 11.5 Å². The van der Waals surface area contributed by atoms with Crippen LogP contribution in [0.25, 0.3) is 0 Å². The summed E-state index contributed by atoms with van der Waals surface area (Å²) in [7, 11) is 3.16. The molecule has 2 aliphatic rings. The average molecular weight is 411 g/mol. The molecule has 0 aromatic heterocycles. The van der Waals surface area contributed by atoms with Gasteiger partial charge >= 0.3 is 12.6 Å². The van der Waals surface area contributed by atoms with Gasteiger partial charge in [-0.05, 0) is 43.5 Å². The Kier molecular flexibility index (Phi) is 6.26. The van der Waals surface area contributed by atoms with E-state index in [2.05, 4.69) is 10.1 Å². The molecule has 3 rings (SSSR count). The van der Waals surface area contributed by atoms with Crippen molar-refractivity contribution >= 4 is 11.9 Å². The van der Waals surface area contributed by atoms with E-state index in [1.165, 1.54) is 18.1 Å². The molecule has 1 aliphatic heterocycles. The molecule has 1 saturated heterocycles. The molecule has 0 radical (unpaired) electrons. The molecule has 2 atom stereocenters. The number of urea groups is 1. The Morgan fingerprint density at radius 3 is 2.72 bits per heavy atom. The van der Waals surface area contributed by atoms with Gasteiger partial charge in [-0.2, -0.15) is 8.78 Å². The molecule has 1 spiro atoms. The van der Waals surface area contributed by atoms with E-state index in [1.807, 2.05) is 11.8 Å². The summed E-state index contributed by atoms with van der Waals surface area (Å²) in [4.78, 5) is 28.6. The van der Waals surface area contributed by atoms with Crippen molar-refractivity contribution in [1.29, 1.82) is 0 Å². The number of nitrogens with one attached hydrogen (secondary N) is 1. The van der Waals surface area contributed by atoms with E-state index in [0.717, 1.165) is 24.8 Å². The minimum absolute atomic E-state index is 0.0452. The van der Waals surface area contributed by atoms with Crippen molar-refractivity contribution < 1.29 is 27.8 Å². The Bertz CT molecular complexity index is 776. The molecule has 3 amide bonds. The van der Waals surface area contributed by atoms with Crippen LogP contribution in [0.3, 0.4) is 0 Å². The van der Waals surface area contributed by atoms with Gasteiger partial charge in [0.1, 0.15) is 5.54 Å². The van der Waals surface area contributed by atoms with Gasteiger partial charge < -0.3 is 14.8 Å². The van der Waals surface area contributed by atoms with Gasteiger partial charge in [0.15, 0.2) is 11.5 Å². The zero-order valence-corrected chi connectivity index (χ0v) is 16.9. The highest BCUT2D eigenvalue weighted by Crippen LogP contribution is 2.38. The van der Waals surface area contributed by atoms with E-state index in [0.29, 0.717) is 13.0 Å². The molecular formula is C20H27F2N3O4. The summed E-state index contributed by atoms with van der Waals surface area (Å²) in [6, 6.07) is 4.30. The van der Waals surface area contributed by atoms with Crippen molar-refractivity contribution in [1.82, 2.24) is 15.1 Å². The van der Waals surface area contributed by atoms with Crippen LogP contribution in [0.15, 0.2) is 18.2 Å². The molecule has 1 heterocycles. The topological polar surface area (TPSA) is 71.1 Å². The molecule has 1 aromatic carbocycles. The molecule has 29 heavy (non-hydrogen) atoms. The second kappa shape index (κ2) is 8.52. The number of rotatable bonds is 7. The maximum absolute atomic E-state index is 13.0. The summed E-state index contributed by atoms with van der Waals surface area (Å²) in [6.45, 7) is -0.395. The third-order valence-corrected chi connectivity index (χ3v) is 5.78. The quantitative estimate of drug-likeness (QED) is 0.698. The molecule has 1 N–H and O–H groups in total. The number of carbonyl (C=O) groups excluding carboxylic acids is 2. The summed E-state index contributed by atoms with van der Waals surface area (Å²) >= 11 is 0. The van der Waals surface area contributed by atoms with Gasteiger partial charge in [-0.25, -0.2) is 9.69 Å². The third-order valence-electron chi connectivity index (χ3n) is 5.78. The van der Waals surface area contributed by atoms with Gasteiger partial charge in [-0.3, -0.25) is 9.69 Å². The minimum atomic E-state index is -2.94. The number of halogens is 2. The zero-order chi connectivity index (χ0) is 21.2. The van der Waals surface area contributed by atoms with Crippen molar-refractivity contribution in [3.05, 3.63) is 23.8 Å². The highest BCUT2D eigenvalue weighted by atomic mass is 19.3. The van der Waals surface area contributed by atoms with Crippen molar-refractivity contribution in [3.63, 3.8) is 0 Å². The first kappa shape index (κ1) is 21.3. The first-order chi connectivity index (χ1) is 13.8. The van der Waals surface area contributed by atoms with Crippen molar-refractivity contribution in [2.45, 2.75) is 51.3 Å². The van der Waals surface area contributed by atoms with Crippen LogP contribution in [-0.2, 0) is 11.3 Å². The number of hydrogen-bond donors (Lipinski definition) is 1. The lowest BCUT2D eigenvalue weighted by Gasteiger charge is -2.37. The number of benzene rings is 1. The van der Waals surface area contributed by atoms with Crippen LogP contribution in [0.1, 0.15) is 38.2 Å². The smallest absolute Gasteiger partial charge is 0.387 e. The number of alkyl halides is 2. The molecule has 2 fully saturated rings. The maximum Gasteiger partial charge on any atom is 0.387 e. The lowest BCUT2D eigenvalue weighted by atomic mass is 9.73. The van der Waals surface area contributed by atoms with Crippen LogP contribution < -0.4 is 14.8 Å². The monoisotopic (exact) mass is 411 g/mol. The second-order valence-corrected chi connectivity index (χ2v) is 7.80. The number of methoxy groups -OCH3 is 1. The number of ether oxygens (including phenoxy) is 2. The third kappa shape index (κ3) is 4.29. The van der Waals surface area contributed by atoms with Crippen LogP contribution in [0.2, 0.25) is 0 Å². The van der Waals surface area contributed by atoms with Crippen LogP contribution in [0, 0.1) is 5.92 Å². The fourth-order valence-electron chi connectivity index (χ4n) is 4.23. The van der Waals surface area contributed by atoms with E-state index in [-0.39, 0.29) is 36.0 Å². The first-order valence-electron chi connectivity index (χ1n) is 9.71. The summed E-state index contributed by atoms with van der Waals surface area (Å²) in [5.74, 6) is 0.0897. The fraction of sp³-hybridized carbons (Fsp3) is 0.600. The number of amides is 3. The normalized spacial score (nSPS) is 24.5. The Morgan fingerprint density at radius 2 is 2.07 bits per heavy atom. The predicted octanol–water partition coefficient (Wildman–Crippen LogP) is 3.19. The van der Waals surface area contributed by atoms with Crippen LogP contribution >= 0.6 is 0 Å². The minimum Gasteiger partial charge on any atom is -0.493 e. The predicted molar refractivity (Wildman–Crippen MR) is 102 cm³/mol. The van der Waals surface area contributed by atoms with Gasteiger partial charge in [0, 0.05) is 6.54 Å². The Balaban J connectivity index is 1.67. The molecule has 1 saturated carbocycles. The standard InChI is InChI=1S/C20H27F2N3O4/c1-13-6-4-5-9-20(13)17(26)25(19(27)23-20)12-24(2)11-14-7-8-15(29-18(21)22)16(10-14)28-3/h7-8,10,13,18H,4-6,9,11-12H2,1-3H3,(H,23,27)/t13-,20-/m1/s1. The number of carbonyl (C=O) groups is 2. The molecule has 7 nitrogen and oxygen atoms in total. The van der Waals surface area contributed by atoms with Gasteiger partial charge in [0.05, 0.1) is 13.8 Å². The molecule has 0 unspecified atom stereocenters. The molecule has 9 heteroatoms. The van der Waals surface area contributed by atoms with Crippen molar-refractivity contribution in [2.24, 2.45) is 5.92 Å². The number of imide groups is 1. The van der Waals surface area contributed by atoms with Gasteiger partial charge in [0.2, 0.25) is 0 Å².